The van der Waals surface area contributed by atoms with Crippen molar-refractivity contribution in [2.45, 2.75) is 57.8 Å². The topological polar surface area (TPSA) is 21.3 Å². The van der Waals surface area contributed by atoms with Gasteiger partial charge in [0.05, 0.1) is 17.7 Å². The van der Waals surface area contributed by atoms with E-state index in [2.05, 4.69) is 5.32 Å². The van der Waals surface area contributed by atoms with Gasteiger partial charge in [0, 0.05) is 6.04 Å². The molecule has 0 aromatic carbocycles. The van der Waals surface area contributed by atoms with E-state index in [1.54, 1.807) is 0 Å². The van der Waals surface area contributed by atoms with Crippen molar-refractivity contribution in [3.8, 4) is 0 Å². The van der Waals surface area contributed by atoms with Gasteiger partial charge in [-0.3, -0.25) is 0 Å². The van der Waals surface area contributed by atoms with E-state index in [1.807, 2.05) is 27.7 Å². The molecule has 1 rings (SSSR count). The van der Waals surface area contributed by atoms with E-state index in [4.69, 9.17) is 4.74 Å². The molecule has 0 aromatic rings. The fourth-order valence-electron chi connectivity index (χ4n) is 2.11. The van der Waals surface area contributed by atoms with Crippen LogP contribution in [0.2, 0.25) is 0 Å². The van der Waals surface area contributed by atoms with E-state index in [0.29, 0.717) is 0 Å². The first kappa shape index (κ1) is 11.9. The highest BCUT2D eigenvalue weighted by Gasteiger charge is 2.45. The summed E-state index contributed by atoms with van der Waals surface area (Å²) in [6.45, 7) is 7.58. The molecule has 0 bridgehead atoms. The smallest absolute Gasteiger partial charge is 0.250 e. The second-order valence-electron chi connectivity index (χ2n) is 5.02. The molecule has 0 amide bonds. The Labute approximate surface area is 84.0 Å². The van der Waals surface area contributed by atoms with Gasteiger partial charge in [-0.25, -0.2) is 8.78 Å². The number of ether oxygens (including phenoxy) is 1. The number of hydrogen-bond acceptors (Lipinski definition) is 2. The van der Waals surface area contributed by atoms with E-state index in [-0.39, 0.29) is 23.8 Å². The van der Waals surface area contributed by atoms with Gasteiger partial charge in [-0.1, -0.05) is 0 Å². The summed E-state index contributed by atoms with van der Waals surface area (Å²) in [6, 6.07) is 0.00602. The van der Waals surface area contributed by atoms with E-state index in [1.165, 1.54) is 0 Å². The second-order valence-corrected chi connectivity index (χ2v) is 5.02. The van der Waals surface area contributed by atoms with Gasteiger partial charge in [0.1, 0.15) is 0 Å². The summed E-state index contributed by atoms with van der Waals surface area (Å²) in [4.78, 5) is 0. The van der Waals surface area contributed by atoms with Crippen LogP contribution in [0, 0.1) is 0 Å². The number of hydrogen-bond donors (Lipinski definition) is 1. The summed E-state index contributed by atoms with van der Waals surface area (Å²) in [5.74, 6) is 0. The molecule has 1 atom stereocenters. The van der Waals surface area contributed by atoms with Crippen molar-refractivity contribution in [3.63, 3.8) is 0 Å². The van der Waals surface area contributed by atoms with Crippen molar-refractivity contribution in [2.24, 2.45) is 0 Å². The van der Waals surface area contributed by atoms with Gasteiger partial charge >= 0.3 is 0 Å². The third-order valence-corrected chi connectivity index (χ3v) is 2.59. The lowest BCUT2D eigenvalue weighted by atomic mass is 9.94. The van der Waals surface area contributed by atoms with Crippen LogP contribution in [0.5, 0.6) is 0 Å². The summed E-state index contributed by atoms with van der Waals surface area (Å²) >= 11 is 0. The third-order valence-electron chi connectivity index (χ3n) is 2.59. The molecule has 14 heavy (non-hydrogen) atoms. The number of alkyl halides is 2. The largest absolute Gasteiger partial charge is 0.368 e. The Hall–Kier alpha value is -0.220. The van der Waals surface area contributed by atoms with Crippen LogP contribution >= 0.6 is 0 Å². The molecule has 1 saturated heterocycles. The van der Waals surface area contributed by atoms with Crippen molar-refractivity contribution < 1.29 is 13.5 Å². The standard InChI is InChI=1S/C10H19F2NO/c1-9(2)5-7(10(3,4)14-9)13-6-8(11)12/h7-8,13H,5-6H2,1-4H3. The molecule has 1 unspecified atom stereocenters. The van der Waals surface area contributed by atoms with E-state index < -0.39 is 6.43 Å². The third kappa shape index (κ3) is 2.89. The average Bonchev–Trinajstić information content (AvgIpc) is 2.14. The summed E-state index contributed by atoms with van der Waals surface area (Å²) in [5.41, 5.74) is -0.582. The normalized spacial score (nSPS) is 29.8. The Morgan fingerprint density at radius 1 is 1.36 bits per heavy atom. The monoisotopic (exact) mass is 207 g/mol. The predicted molar refractivity (Wildman–Crippen MR) is 51.7 cm³/mol. The maximum atomic E-state index is 12.0. The molecule has 0 aromatic heterocycles. The molecule has 2 nitrogen and oxygen atoms in total. The molecular weight excluding hydrogens is 188 g/mol. The first-order valence-corrected chi connectivity index (χ1v) is 4.95. The SMILES string of the molecule is CC1(C)CC(NCC(F)F)C(C)(C)O1. The molecule has 84 valence electrons. The van der Waals surface area contributed by atoms with Gasteiger partial charge in [0.2, 0.25) is 0 Å². The minimum atomic E-state index is -2.30. The fourth-order valence-corrected chi connectivity index (χ4v) is 2.11. The van der Waals surface area contributed by atoms with Crippen molar-refractivity contribution in [2.75, 3.05) is 6.54 Å². The lowest BCUT2D eigenvalue weighted by molar-refractivity contribution is -0.0703. The van der Waals surface area contributed by atoms with Gasteiger partial charge in [0.15, 0.2) is 0 Å². The number of nitrogens with one attached hydrogen (secondary N) is 1. The Morgan fingerprint density at radius 2 is 1.93 bits per heavy atom. The zero-order valence-electron chi connectivity index (χ0n) is 9.23. The van der Waals surface area contributed by atoms with Crippen LogP contribution in [0.15, 0.2) is 0 Å². The summed E-state index contributed by atoms with van der Waals surface area (Å²) in [7, 11) is 0. The molecule has 1 heterocycles. The van der Waals surface area contributed by atoms with Gasteiger partial charge in [0.25, 0.3) is 6.43 Å². The Kier molecular flexibility index (Phi) is 3.17. The van der Waals surface area contributed by atoms with Crippen LogP contribution in [0.25, 0.3) is 0 Å². The zero-order chi connectivity index (χ0) is 11.0. The van der Waals surface area contributed by atoms with Crippen LogP contribution in [-0.4, -0.2) is 30.2 Å². The first-order valence-electron chi connectivity index (χ1n) is 4.95. The maximum absolute atomic E-state index is 12.0. The molecule has 1 N–H and O–H groups in total. The zero-order valence-corrected chi connectivity index (χ0v) is 9.23. The first-order chi connectivity index (χ1) is 6.23. The van der Waals surface area contributed by atoms with Crippen molar-refractivity contribution in [1.82, 2.24) is 5.32 Å². The summed E-state index contributed by atoms with van der Waals surface area (Å²) in [6.07, 6.45) is -1.53. The van der Waals surface area contributed by atoms with E-state index in [0.717, 1.165) is 6.42 Å². The highest BCUT2D eigenvalue weighted by molar-refractivity contribution is 4.98. The van der Waals surface area contributed by atoms with Gasteiger partial charge in [-0.15, -0.1) is 0 Å². The Bertz CT molecular complexity index is 204. The number of rotatable bonds is 3. The van der Waals surface area contributed by atoms with Gasteiger partial charge in [-0.2, -0.15) is 0 Å². The van der Waals surface area contributed by atoms with Crippen LogP contribution in [-0.2, 0) is 4.74 Å². The van der Waals surface area contributed by atoms with Gasteiger partial charge in [-0.05, 0) is 34.1 Å². The predicted octanol–water partition coefficient (Wildman–Crippen LogP) is 2.19. The van der Waals surface area contributed by atoms with Crippen LogP contribution < -0.4 is 5.32 Å². The molecular formula is C10H19F2NO. The summed E-state index contributed by atoms with van der Waals surface area (Å²) < 4.78 is 29.8. The molecule has 4 heteroatoms. The molecule has 1 fully saturated rings. The summed E-state index contributed by atoms with van der Waals surface area (Å²) in [5, 5.41) is 2.85. The van der Waals surface area contributed by atoms with Crippen molar-refractivity contribution in [3.05, 3.63) is 0 Å². The van der Waals surface area contributed by atoms with Crippen molar-refractivity contribution >= 4 is 0 Å². The lowest BCUT2D eigenvalue weighted by Crippen LogP contribution is -2.45. The van der Waals surface area contributed by atoms with Gasteiger partial charge < -0.3 is 10.1 Å². The average molecular weight is 207 g/mol. The van der Waals surface area contributed by atoms with Crippen LogP contribution in [0.4, 0.5) is 8.78 Å². The number of halogens is 2. The maximum Gasteiger partial charge on any atom is 0.250 e. The van der Waals surface area contributed by atoms with Crippen LogP contribution in [0.1, 0.15) is 34.1 Å². The quantitative estimate of drug-likeness (QED) is 0.766. The minimum absolute atomic E-state index is 0.00602. The van der Waals surface area contributed by atoms with E-state index in [9.17, 15) is 8.78 Å². The molecule has 0 spiro atoms. The lowest BCUT2D eigenvalue weighted by Gasteiger charge is -2.27. The Morgan fingerprint density at radius 3 is 2.29 bits per heavy atom. The molecule has 0 saturated carbocycles. The molecule has 1 aliphatic rings. The second kappa shape index (κ2) is 3.74. The van der Waals surface area contributed by atoms with Crippen molar-refractivity contribution in [1.29, 1.82) is 0 Å². The van der Waals surface area contributed by atoms with Crippen LogP contribution in [0.3, 0.4) is 0 Å². The highest BCUT2D eigenvalue weighted by Crippen LogP contribution is 2.37. The van der Waals surface area contributed by atoms with E-state index >= 15 is 0 Å². The fraction of sp³-hybridized carbons (Fsp3) is 1.00. The Balaban J connectivity index is 2.53. The molecule has 0 aliphatic carbocycles. The molecule has 0 radical (unpaired) electrons. The highest BCUT2D eigenvalue weighted by atomic mass is 19.3. The minimum Gasteiger partial charge on any atom is -0.368 e. The molecule has 1 aliphatic heterocycles.